The van der Waals surface area contributed by atoms with Gasteiger partial charge in [0.25, 0.3) is 0 Å². The van der Waals surface area contributed by atoms with Crippen LogP contribution in [-0.2, 0) is 36.3 Å². The van der Waals surface area contributed by atoms with Crippen LogP contribution in [0.2, 0.25) is 0 Å². The first-order valence-corrected chi connectivity index (χ1v) is 12.2. The number of hydrogen-bond donors (Lipinski definition) is 1. The maximum absolute atomic E-state index is 9.35. The van der Waals surface area contributed by atoms with Crippen LogP contribution in [0.4, 0.5) is 0 Å². The summed E-state index contributed by atoms with van der Waals surface area (Å²) in [6, 6.07) is 2.42. The average Bonchev–Trinajstić information content (AvgIpc) is 3.36. The molecule has 3 aliphatic heterocycles. The molecule has 8 heteroatoms. The van der Waals surface area contributed by atoms with E-state index < -0.39 is 0 Å². The van der Waals surface area contributed by atoms with Gasteiger partial charge in [0.1, 0.15) is 0 Å². The molecule has 5 heterocycles. The van der Waals surface area contributed by atoms with Crippen molar-refractivity contribution in [3.05, 3.63) is 33.3 Å². The van der Waals surface area contributed by atoms with Crippen molar-refractivity contribution in [2.45, 2.75) is 63.8 Å². The van der Waals surface area contributed by atoms with Gasteiger partial charge in [-0.1, -0.05) is 12.1 Å². The molecule has 0 saturated carbocycles. The zero-order valence-electron chi connectivity index (χ0n) is 17.9. The smallest absolute Gasteiger partial charge is 0.0967 e. The zero-order valence-corrected chi connectivity index (χ0v) is 18.7. The Morgan fingerprint density at radius 3 is 2.83 bits per heavy atom. The summed E-state index contributed by atoms with van der Waals surface area (Å²) in [6.45, 7) is 9.59. The molecular weight excluding hydrogens is 398 g/mol. The first-order valence-electron chi connectivity index (χ1n) is 11.4. The number of likely N-dealkylation sites (tertiary alicyclic amines) is 2. The number of aryl methyl sites for hydroxylation is 2. The van der Waals surface area contributed by atoms with E-state index in [1.54, 1.807) is 4.88 Å². The molecular formula is C22H33N5O2S. The molecule has 0 aromatic carbocycles. The fourth-order valence-electron chi connectivity index (χ4n) is 5.06. The van der Waals surface area contributed by atoms with Gasteiger partial charge in [0.05, 0.1) is 24.0 Å². The molecule has 2 aromatic rings. The van der Waals surface area contributed by atoms with Gasteiger partial charge in [0, 0.05) is 68.2 Å². The molecule has 0 unspecified atom stereocenters. The number of fused-ring (bicyclic) bond motifs is 2. The monoisotopic (exact) mass is 431 g/mol. The fraction of sp³-hybridized carbons (Fsp3) is 0.727. The van der Waals surface area contributed by atoms with E-state index in [1.165, 1.54) is 10.4 Å². The van der Waals surface area contributed by atoms with Gasteiger partial charge in [-0.05, 0) is 37.3 Å². The van der Waals surface area contributed by atoms with Crippen molar-refractivity contribution in [2.75, 3.05) is 39.3 Å². The number of aromatic nitrogens is 3. The van der Waals surface area contributed by atoms with Crippen LogP contribution < -0.4 is 0 Å². The molecule has 164 valence electrons. The quantitative estimate of drug-likeness (QED) is 0.724. The molecule has 0 aliphatic carbocycles. The van der Waals surface area contributed by atoms with Crippen LogP contribution in [0, 0.1) is 0 Å². The number of β-amino-alcohol motifs (C(OH)–C–C–N with tert-alkyl or cyclic N) is 1. The second kappa shape index (κ2) is 8.67. The van der Waals surface area contributed by atoms with E-state index in [-0.39, 0.29) is 11.7 Å². The summed E-state index contributed by atoms with van der Waals surface area (Å²) in [5, 5.41) is 18.1. The van der Waals surface area contributed by atoms with Crippen molar-refractivity contribution >= 4 is 11.3 Å². The summed E-state index contributed by atoms with van der Waals surface area (Å²) in [4.78, 5) is 7.82. The highest BCUT2D eigenvalue weighted by molar-refractivity contribution is 7.12. The van der Waals surface area contributed by atoms with Gasteiger partial charge < -0.3 is 9.84 Å². The largest absolute Gasteiger partial charge is 0.390 e. The standard InChI is InChI=1S/C22H33N5O2S/c1-2-19-12-20-21(30-19)4-11-29-22(20)5-9-25(10-6-22)13-17-14-27(24-23-17)8-3-7-26-15-18(28)16-26/h12,14,18,28H,2-11,13,15-16H2,1H3. The number of ether oxygens (including phenoxy) is 1. The second-order valence-electron chi connectivity index (χ2n) is 9.01. The Hall–Kier alpha value is -1.32. The Kier molecular flexibility index (Phi) is 5.94. The third-order valence-electron chi connectivity index (χ3n) is 6.84. The molecule has 2 aromatic heterocycles. The first kappa shape index (κ1) is 20.6. The molecule has 1 spiro atoms. The molecule has 0 bridgehead atoms. The lowest BCUT2D eigenvalue weighted by Crippen LogP contribution is -2.50. The normalized spacial score (nSPS) is 22.3. The van der Waals surface area contributed by atoms with E-state index in [1.807, 2.05) is 16.0 Å². The maximum Gasteiger partial charge on any atom is 0.0967 e. The minimum absolute atomic E-state index is 0.0595. The molecule has 2 fully saturated rings. The molecule has 0 radical (unpaired) electrons. The van der Waals surface area contributed by atoms with Gasteiger partial charge in [-0.15, -0.1) is 16.4 Å². The lowest BCUT2D eigenvalue weighted by molar-refractivity contribution is -0.0982. The fourth-order valence-corrected chi connectivity index (χ4v) is 6.24. The molecule has 2 saturated heterocycles. The van der Waals surface area contributed by atoms with Crippen molar-refractivity contribution in [1.82, 2.24) is 24.8 Å². The summed E-state index contributed by atoms with van der Waals surface area (Å²) in [6.07, 6.45) is 7.35. The highest BCUT2D eigenvalue weighted by atomic mass is 32.1. The average molecular weight is 432 g/mol. The van der Waals surface area contributed by atoms with Crippen LogP contribution in [-0.4, -0.2) is 75.3 Å². The molecule has 5 rings (SSSR count). The molecule has 1 N–H and O–H groups in total. The van der Waals surface area contributed by atoms with Crippen LogP contribution in [0.25, 0.3) is 0 Å². The Bertz CT molecular complexity index is 852. The maximum atomic E-state index is 9.35. The Labute approximate surface area is 182 Å². The topological polar surface area (TPSA) is 66.7 Å². The minimum Gasteiger partial charge on any atom is -0.390 e. The first-order chi connectivity index (χ1) is 14.6. The van der Waals surface area contributed by atoms with E-state index in [9.17, 15) is 5.11 Å². The van der Waals surface area contributed by atoms with Gasteiger partial charge in [-0.2, -0.15) is 0 Å². The van der Waals surface area contributed by atoms with Gasteiger partial charge in [-0.25, -0.2) is 0 Å². The minimum atomic E-state index is -0.120. The number of thiophene rings is 1. The van der Waals surface area contributed by atoms with Crippen molar-refractivity contribution < 1.29 is 9.84 Å². The lowest BCUT2D eigenvalue weighted by Gasteiger charge is -2.44. The second-order valence-corrected chi connectivity index (χ2v) is 10.2. The third kappa shape index (κ3) is 4.21. The molecule has 30 heavy (non-hydrogen) atoms. The highest BCUT2D eigenvalue weighted by Crippen LogP contribution is 2.44. The van der Waals surface area contributed by atoms with Gasteiger partial charge in [0.2, 0.25) is 0 Å². The van der Waals surface area contributed by atoms with Crippen LogP contribution in [0.5, 0.6) is 0 Å². The number of rotatable bonds is 7. The summed E-state index contributed by atoms with van der Waals surface area (Å²) in [5.74, 6) is 0. The van der Waals surface area contributed by atoms with E-state index in [2.05, 4.69) is 39.3 Å². The molecule has 0 amide bonds. The predicted octanol–water partition coefficient (Wildman–Crippen LogP) is 2.03. The molecule has 0 atom stereocenters. The number of piperidine rings is 1. The van der Waals surface area contributed by atoms with Crippen LogP contribution in [0.3, 0.4) is 0 Å². The van der Waals surface area contributed by atoms with Crippen LogP contribution >= 0.6 is 11.3 Å². The van der Waals surface area contributed by atoms with E-state index in [4.69, 9.17) is 4.74 Å². The van der Waals surface area contributed by atoms with Gasteiger partial charge in [0.15, 0.2) is 0 Å². The molecule has 3 aliphatic rings. The SMILES string of the molecule is CCc1cc2c(s1)CCOC21CCN(Cc2cn(CCCN3CC(O)C3)nn2)CC1. The Morgan fingerprint density at radius 2 is 2.07 bits per heavy atom. The predicted molar refractivity (Wildman–Crippen MR) is 117 cm³/mol. The summed E-state index contributed by atoms with van der Waals surface area (Å²) >= 11 is 1.99. The number of nitrogens with zero attached hydrogens (tertiary/aromatic N) is 5. The van der Waals surface area contributed by atoms with Crippen LogP contribution in [0.1, 0.15) is 47.2 Å². The van der Waals surface area contributed by atoms with E-state index in [0.29, 0.717) is 0 Å². The number of hydrogen-bond acceptors (Lipinski definition) is 7. The van der Waals surface area contributed by atoms with Gasteiger partial charge >= 0.3 is 0 Å². The molecule has 7 nitrogen and oxygen atoms in total. The van der Waals surface area contributed by atoms with Crippen LogP contribution in [0.15, 0.2) is 12.3 Å². The lowest BCUT2D eigenvalue weighted by atomic mass is 9.82. The Balaban J connectivity index is 1.12. The number of aliphatic hydroxyl groups excluding tert-OH is 1. The van der Waals surface area contributed by atoms with Crippen molar-refractivity contribution in [3.8, 4) is 0 Å². The van der Waals surface area contributed by atoms with E-state index in [0.717, 1.165) is 90.2 Å². The van der Waals surface area contributed by atoms with E-state index >= 15 is 0 Å². The third-order valence-corrected chi connectivity index (χ3v) is 8.18. The van der Waals surface area contributed by atoms with Crippen molar-refractivity contribution in [2.24, 2.45) is 0 Å². The van der Waals surface area contributed by atoms with Crippen molar-refractivity contribution in [1.29, 1.82) is 0 Å². The summed E-state index contributed by atoms with van der Waals surface area (Å²) in [7, 11) is 0. The van der Waals surface area contributed by atoms with Gasteiger partial charge in [-0.3, -0.25) is 14.5 Å². The zero-order chi connectivity index (χ0) is 20.6. The van der Waals surface area contributed by atoms with Crippen molar-refractivity contribution in [3.63, 3.8) is 0 Å². The number of aliphatic hydroxyl groups is 1. The summed E-state index contributed by atoms with van der Waals surface area (Å²) in [5.41, 5.74) is 2.48. The highest BCUT2D eigenvalue weighted by Gasteiger charge is 2.41. The Morgan fingerprint density at radius 1 is 1.23 bits per heavy atom. The summed E-state index contributed by atoms with van der Waals surface area (Å²) < 4.78 is 8.37.